The minimum Gasteiger partial charge on any atom is -0.512 e. The molecule has 0 aliphatic carbocycles. The number of aliphatic hydroxyl groups is 2. The first-order valence-corrected chi connectivity index (χ1v) is 7.21. The van der Waals surface area contributed by atoms with Crippen LogP contribution in [0.4, 0.5) is 0 Å². The summed E-state index contributed by atoms with van der Waals surface area (Å²) in [5, 5.41) is 18.5. The second-order valence-electron chi connectivity index (χ2n) is 5.02. The number of hydrogen-bond donors (Lipinski definition) is 2. The van der Waals surface area contributed by atoms with Crippen LogP contribution in [0.3, 0.4) is 0 Å². The van der Waals surface area contributed by atoms with Gasteiger partial charge in [-0.3, -0.25) is 0 Å². The molecule has 0 bridgehead atoms. The second-order valence-corrected chi connectivity index (χ2v) is 5.02. The van der Waals surface area contributed by atoms with Crippen LogP contribution in [0.1, 0.15) is 64.7 Å². The highest BCUT2D eigenvalue weighted by atomic mass is 16.5. The highest BCUT2D eigenvalue weighted by molar-refractivity contribution is 5.82. The normalized spacial score (nSPS) is 13.3. The number of allylic oxidation sites excluding steroid dienone is 1. The third-order valence-corrected chi connectivity index (χ3v) is 3.04. The fourth-order valence-electron chi connectivity index (χ4n) is 1.90. The van der Waals surface area contributed by atoms with E-state index in [-0.39, 0.29) is 11.9 Å². The summed E-state index contributed by atoms with van der Waals surface area (Å²) in [5.74, 6) is -0.403. The van der Waals surface area contributed by atoms with Gasteiger partial charge in [-0.05, 0) is 19.8 Å². The predicted octanol–water partition coefficient (Wildman–Crippen LogP) is 3.49. The van der Waals surface area contributed by atoms with E-state index in [2.05, 4.69) is 4.74 Å². The summed E-state index contributed by atoms with van der Waals surface area (Å²) in [4.78, 5) is 10.8. The topological polar surface area (TPSA) is 66.8 Å². The van der Waals surface area contributed by atoms with Gasteiger partial charge < -0.3 is 14.9 Å². The van der Waals surface area contributed by atoms with Gasteiger partial charge >= 0.3 is 5.97 Å². The SMILES string of the molecule is COC(=O)C=C(O)CCCCCCCCCC(C)O. The number of ether oxygens (including phenoxy) is 1. The van der Waals surface area contributed by atoms with Gasteiger partial charge in [0, 0.05) is 6.42 Å². The summed E-state index contributed by atoms with van der Waals surface area (Å²) in [7, 11) is 1.30. The van der Waals surface area contributed by atoms with Crippen molar-refractivity contribution in [2.24, 2.45) is 0 Å². The molecule has 0 aliphatic heterocycles. The maximum Gasteiger partial charge on any atom is 0.333 e. The number of carbonyl (C=O) groups is 1. The summed E-state index contributed by atoms with van der Waals surface area (Å²) in [6.07, 6.45) is 10.2. The zero-order valence-corrected chi connectivity index (χ0v) is 12.2. The number of unbranched alkanes of at least 4 members (excludes halogenated alkanes) is 6. The van der Waals surface area contributed by atoms with Crippen molar-refractivity contribution in [3.8, 4) is 0 Å². The molecule has 0 aliphatic rings. The Morgan fingerprint density at radius 1 is 1.11 bits per heavy atom. The number of hydrogen-bond acceptors (Lipinski definition) is 4. The molecule has 0 fully saturated rings. The molecule has 19 heavy (non-hydrogen) atoms. The molecule has 4 nitrogen and oxygen atoms in total. The molecule has 0 spiro atoms. The Labute approximate surface area is 116 Å². The summed E-state index contributed by atoms with van der Waals surface area (Å²) in [6.45, 7) is 1.83. The molecular formula is C15H28O4. The van der Waals surface area contributed by atoms with Crippen molar-refractivity contribution < 1.29 is 19.7 Å². The third kappa shape index (κ3) is 13.2. The average molecular weight is 272 g/mol. The molecular weight excluding hydrogens is 244 g/mol. The van der Waals surface area contributed by atoms with E-state index in [4.69, 9.17) is 5.11 Å². The molecule has 0 aromatic carbocycles. The summed E-state index contributed by atoms with van der Waals surface area (Å²) in [6, 6.07) is 0. The largest absolute Gasteiger partial charge is 0.512 e. The lowest BCUT2D eigenvalue weighted by atomic mass is 10.1. The zero-order chi connectivity index (χ0) is 14.5. The standard InChI is InChI=1S/C15H28O4/c1-13(16)10-8-6-4-3-5-7-9-11-14(17)12-15(18)19-2/h12-13,16-17H,3-11H2,1-2H3. The van der Waals surface area contributed by atoms with Crippen LogP contribution in [0.2, 0.25) is 0 Å². The van der Waals surface area contributed by atoms with Crippen molar-refractivity contribution in [3.05, 3.63) is 11.8 Å². The lowest BCUT2D eigenvalue weighted by molar-refractivity contribution is -0.135. The van der Waals surface area contributed by atoms with Gasteiger partial charge in [0.25, 0.3) is 0 Å². The Morgan fingerprint density at radius 2 is 1.63 bits per heavy atom. The molecule has 0 heterocycles. The molecule has 112 valence electrons. The number of esters is 1. The highest BCUT2D eigenvalue weighted by Gasteiger charge is 2.00. The van der Waals surface area contributed by atoms with Crippen molar-refractivity contribution in [2.75, 3.05) is 7.11 Å². The van der Waals surface area contributed by atoms with E-state index < -0.39 is 5.97 Å². The second kappa shape index (κ2) is 12.0. The smallest absolute Gasteiger partial charge is 0.333 e. The minimum atomic E-state index is -0.504. The zero-order valence-electron chi connectivity index (χ0n) is 12.2. The first-order valence-electron chi connectivity index (χ1n) is 7.21. The Kier molecular flexibility index (Phi) is 11.4. The van der Waals surface area contributed by atoms with Crippen molar-refractivity contribution in [1.29, 1.82) is 0 Å². The van der Waals surface area contributed by atoms with Crippen LogP contribution >= 0.6 is 0 Å². The van der Waals surface area contributed by atoms with Crippen LogP contribution in [0.5, 0.6) is 0 Å². The van der Waals surface area contributed by atoms with Crippen molar-refractivity contribution in [2.45, 2.75) is 70.8 Å². The highest BCUT2D eigenvalue weighted by Crippen LogP contribution is 2.12. The first-order chi connectivity index (χ1) is 9.06. The van der Waals surface area contributed by atoms with Crippen LogP contribution in [0, 0.1) is 0 Å². The van der Waals surface area contributed by atoms with Gasteiger partial charge in [0.15, 0.2) is 0 Å². The van der Waals surface area contributed by atoms with E-state index in [9.17, 15) is 9.90 Å². The summed E-state index contributed by atoms with van der Waals surface area (Å²) in [5.41, 5.74) is 0. The van der Waals surface area contributed by atoms with Crippen LogP contribution in [0.15, 0.2) is 11.8 Å². The van der Waals surface area contributed by atoms with Crippen LogP contribution in [0.25, 0.3) is 0 Å². The van der Waals surface area contributed by atoms with E-state index in [0.717, 1.165) is 38.2 Å². The number of aliphatic hydroxyl groups excluding tert-OH is 2. The van der Waals surface area contributed by atoms with Crippen molar-refractivity contribution >= 4 is 5.97 Å². The number of carbonyl (C=O) groups excluding carboxylic acids is 1. The number of rotatable bonds is 11. The molecule has 4 heteroatoms. The number of methoxy groups -OCH3 is 1. The van der Waals surface area contributed by atoms with Gasteiger partial charge in [-0.1, -0.05) is 38.5 Å². The lowest BCUT2D eigenvalue weighted by Crippen LogP contribution is -1.98. The molecule has 0 aromatic rings. The predicted molar refractivity (Wildman–Crippen MR) is 76.0 cm³/mol. The van der Waals surface area contributed by atoms with E-state index in [1.54, 1.807) is 0 Å². The molecule has 1 unspecified atom stereocenters. The van der Waals surface area contributed by atoms with E-state index in [1.807, 2.05) is 6.92 Å². The molecule has 0 aromatic heterocycles. The Balaban J connectivity index is 3.31. The molecule has 0 rings (SSSR count). The van der Waals surface area contributed by atoms with Crippen molar-refractivity contribution in [1.82, 2.24) is 0 Å². The van der Waals surface area contributed by atoms with Gasteiger partial charge in [-0.25, -0.2) is 4.79 Å². The summed E-state index contributed by atoms with van der Waals surface area (Å²) >= 11 is 0. The van der Waals surface area contributed by atoms with Gasteiger partial charge in [0.05, 0.1) is 25.0 Å². The lowest BCUT2D eigenvalue weighted by Gasteiger charge is -2.04. The van der Waals surface area contributed by atoms with Gasteiger partial charge in [0.1, 0.15) is 0 Å². The Hall–Kier alpha value is -1.03. The minimum absolute atomic E-state index is 0.101. The van der Waals surface area contributed by atoms with E-state index in [1.165, 1.54) is 26.4 Å². The molecule has 1 atom stereocenters. The van der Waals surface area contributed by atoms with Gasteiger partial charge in [-0.2, -0.15) is 0 Å². The van der Waals surface area contributed by atoms with Crippen LogP contribution < -0.4 is 0 Å². The van der Waals surface area contributed by atoms with Crippen LogP contribution in [-0.2, 0) is 9.53 Å². The molecule has 0 radical (unpaired) electrons. The monoisotopic (exact) mass is 272 g/mol. The molecule has 0 saturated carbocycles. The fourth-order valence-corrected chi connectivity index (χ4v) is 1.90. The first kappa shape index (κ1) is 18.0. The van der Waals surface area contributed by atoms with Crippen LogP contribution in [-0.4, -0.2) is 29.4 Å². The van der Waals surface area contributed by atoms with Crippen molar-refractivity contribution in [3.63, 3.8) is 0 Å². The van der Waals surface area contributed by atoms with Gasteiger partial charge in [-0.15, -0.1) is 0 Å². The third-order valence-electron chi connectivity index (χ3n) is 3.04. The Morgan fingerprint density at radius 3 is 2.16 bits per heavy atom. The molecule has 2 N–H and O–H groups in total. The van der Waals surface area contributed by atoms with E-state index in [0.29, 0.717) is 6.42 Å². The fraction of sp³-hybridized carbons (Fsp3) is 0.800. The van der Waals surface area contributed by atoms with Gasteiger partial charge in [0.2, 0.25) is 0 Å². The molecule has 0 saturated heterocycles. The Bertz CT molecular complexity index is 259. The maximum atomic E-state index is 10.8. The summed E-state index contributed by atoms with van der Waals surface area (Å²) < 4.78 is 4.43. The van der Waals surface area contributed by atoms with E-state index >= 15 is 0 Å². The average Bonchev–Trinajstić information content (AvgIpc) is 2.36. The molecule has 0 amide bonds. The maximum absolute atomic E-state index is 10.8. The quantitative estimate of drug-likeness (QED) is 0.261.